The number of aliphatic hydroxyl groups is 2. The Morgan fingerprint density at radius 3 is 1.73 bits per heavy atom. The van der Waals surface area contributed by atoms with Crippen molar-refractivity contribution in [3.8, 4) is 5.75 Å². The predicted molar refractivity (Wildman–Crippen MR) is 105 cm³/mol. The fourth-order valence-electron chi connectivity index (χ4n) is 2.15. The molecule has 138 valence electrons. The second-order valence-electron chi connectivity index (χ2n) is 7.24. The molecule has 0 aliphatic heterocycles. The van der Waals surface area contributed by atoms with Gasteiger partial charge in [0.05, 0.1) is 11.2 Å². The quantitative estimate of drug-likeness (QED) is 0.428. The van der Waals surface area contributed by atoms with Crippen molar-refractivity contribution in [2.75, 3.05) is 0 Å². The van der Waals surface area contributed by atoms with Gasteiger partial charge in [0.1, 0.15) is 5.75 Å². The smallest absolute Gasteiger partial charge is 0.512 e. The Bertz CT molecular complexity index is 867. The third kappa shape index (κ3) is 4.96. The summed E-state index contributed by atoms with van der Waals surface area (Å²) >= 11 is 0. The van der Waals surface area contributed by atoms with E-state index in [2.05, 4.69) is 6.07 Å². The number of hydrogen-bond acceptors (Lipinski definition) is 5. The van der Waals surface area contributed by atoms with Gasteiger partial charge in [-0.15, -0.1) is 0 Å². The van der Waals surface area contributed by atoms with Gasteiger partial charge in [-0.2, -0.15) is 0 Å². The Labute approximate surface area is 153 Å². The summed E-state index contributed by atoms with van der Waals surface area (Å²) in [4.78, 5) is 0. The Balaban J connectivity index is 0.000000260. The third-order valence-electron chi connectivity index (χ3n) is 4.44. The highest BCUT2D eigenvalue weighted by molar-refractivity contribution is 6.34. The molecule has 4 N–H and O–H groups in total. The summed E-state index contributed by atoms with van der Waals surface area (Å²) < 4.78 is 4.99. The summed E-state index contributed by atoms with van der Waals surface area (Å²) in [7, 11) is -1.80. The standard InChI is InChI=1S/C14H11BO3.C6H14O2/c16-15(17)18-14-7-3-6-12-8-10-4-1-2-5-11(10)9-13(12)14;1-5(2,7)6(3,4)8/h1-9,16-17H;7-8H,1-4H3. The van der Waals surface area contributed by atoms with Gasteiger partial charge in [-0.3, -0.25) is 0 Å². The monoisotopic (exact) mass is 356 g/mol. The maximum absolute atomic E-state index is 9.10. The lowest BCUT2D eigenvalue weighted by atomic mass is 9.90. The zero-order valence-electron chi connectivity index (χ0n) is 15.5. The van der Waals surface area contributed by atoms with E-state index in [-0.39, 0.29) is 0 Å². The molecule has 0 heterocycles. The second kappa shape index (κ2) is 7.64. The van der Waals surface area contributed by atoms with Crippen LogP contribution in [0.5, 0.6) is 5.75 Å². The van der Waals surface area contributed by atoms with Crippen LogP contribution in [-0.4, -0.2) is 38.8 Å². The van der Waals surface area contributed by atoms with E-state index in [0.29, 0.717) is 5.75 Å². The average molecular weight is 356 g/mol. The van der Waals surface area contributed by atoms with Crippen LogP contribution in [0.1, 0.15) is 27.7 Å². The highest BCUT2D eigenvalue weighted by Gasteiger charge is 2.31. The van der Waals surface area contributed by atoms with E-state index in [0.717, 1.165) is 21.5 Å². The Hall–Kier alpha value is -2.12. The van der Waals surface area contributed by atoms with Crippen molar-refractivity contribution in [1.29, 1.82) is 0 Å². The van der Waals surface area contributed by atoms with Crippen molar-refractivity contribution in [3.05, 3.63) is 54.6 Å². The van der Waals surface area contributed by atoms with Crippen molar-refractivity contribution < 1.29 is 24.9 Å². The van der Waals surface area contributed by atoms with Crippen LogP contribution in [0.25, 0.3) is 21.5 Å². The van der Waals surface area contributed by atoms with Gasteiger partial charge in [0, 0.05) is 5.39 Å². The van der Waals surface area contributed by atoms with Crippen LogP contribution in [-0.2, 0) is 0 Å². The fourth-order valence-corrected chi connectivity index (χ4v) is 2.15. The molecule has 0 aromatic heterocycles. The first-order valence-electron chi connectivity index (χ1n) is 8.38. The minimum Gasteiger partial charge on any atom is -0.512 e. The summed E-state index contributed by atoms with van der Waals surface area (Å²) in [5.74, 6) is 0.466. The first-order chi connectivity index (χ1) is 12.0. The third-order valence-corrected chi connectivity index (χ3v) is 4.44. The van der Waals surface area contributed by atoms with Gasteiger partial charge < -0.3 is 24.9 Å². The Morgan fingerprint density at radius 1 is 0.731 bits per heavy atom. The summed E-state index contributed by atoms with van der Waals surface area (Å²) in [6.45, 7) is 6.31. The van der Waals surface area contributed by atoms with Crippen LogP contribution in [0.2, 0.25) is 0 Å². The summed E-state index contributed by atoms with van der Waals surface area (Å²) in [6.07, 6.45) is 0. The van der Waals surface area contributed by atoms with Gasteiger partial charge in [0.25, 0.3) is 0 Å². The Morgan fingerprint density at radius 2 is 1.23 bits per heavy atom. The molecule has 0 aliphatic rings. The van der Waals surface area contributed by atoms with Crippen molar-refractivity contribution in [2.24, 2.45) is 0 Å². The van der Waals surface area contributed by atoms with E-state index >= 15 is 0 Å². The molecule has 0 unspecified atom stereocenters. The SMILES string of the molecule is CC(C)(O)C(C)(C)O.OB(O)Oc1cccc2cc3ccccc3cc12. The fraction of sp³-hybridized carbons (Fsp3) is 0.300. The normalized spacial score (nSPS) is 11.8. The van der Waals surface area contributed by atoms with Crippen LogP contribution in [0.4, 0.5) is 0 Å². The van der Waals surface area contributed by atoms with Crippen LogP contribution < -0.4 is 4.65 Å². The van der Waals surface area contributed by atoms with Crippen molar-refractivity contribution >= 4 is 28.9 Å². The summed E-state index contributed by atoms with van der Waals surface area (Å²) in [6, 6.07) is 17.6. The molecule has 0 fully saturated rings. The molecule has 0 radical (unpaired) electrons. The molecule has 0 spiro atoms. The zero-order valence-corrected chi connectivity index (χ0v) is 15.5. The molecular weight excluding hydrogens is 331 g/mol. The lowest BCUT2D eigenvalue weighted by Gasteiger charge is -2.31. The summed E-state index contributed by atoms with van der Waals surface area (Å²) in [5, 5.41) is 40.1. The molecule has 0 atom stereocenters. The molecule has 0 amide bonds. The summed E-state index contributed by atoms with van der Waals surface area (Å²) in [5.41, 5.74) is -2.01. The molecule has 3 aromatic rings. The lowest BCUT2D eigenvalue weighted by molar-refractivity contribution is -0.107. The molecule has 0 aliphatic carbocycles. The maximum Gasteiger partial charge on any atom is 0.707 e. The molecule has 3 aromatic carbocycles. The molecule has 26 heavy (non-hydrogen) atoms. The van der Waals surface area contributed by atoms with E-state index in [1.165, 1.54) is 0 Å². The van der Waals surface area contributed by atoms with Gasteiger partial charge in [0.2, 0.25) is 0 Å². The van der Waals surface area contributed by atoms with E-state index in [1.807, 2.05) is 42.5 Å². The van der Waals surface area contributed by atoms with Crippen LogP contribution >= 0.6 is 0 Å². The molecule has 6 heteroatoms. The molecule has 0 saturated carbocycles. The van der Waals surface area contributed by atoms with Crippen molar-refractivity contribution in [1.82, 2.24) is 0 Å². The van der Waals surface area contributed by atoms with Gasteiger partial charge in [-0.05, 0) is 62.1 Å². The highest BCUT2D eigenvalue weighted by Crippen LogP contribution is 2.30. The average Bonchev–Trinajstić information content (AvgIpc) is 2.51. The van der Waals surface area contributed by atoms with Crippen LogP contribution in [0.3, 0.4) is 0 Å². The minimum absolute atomic E-state index is 0.466. The van der Waals surface area contributed by atoms with Gasteiger partial charge >= 0.3 is 7.32 Å². The number of hydrogen-bond donors (Lipinski definition) is 4. The minimum atomic E-state index is -1.80. The Kier molecular flexibility index (Phi) is 5.93. The van der Waals surface area contributed by atoms with E-state index in [9.17, 15) is 0 Å². The molecule has 5 nitrogen and oxygen atoms in total. The molecule has 0 saturated heterocycles. The zero-order chi connectivity index (χ0) is 19.5. The van der Waals surface area contributed by atoms with Crippen LogP contribution in [0, 0.1) is 0 Å². The van der Waals surface area contributed by atoms with Gasteiger partial charge in [-0.1, -0.05) is 36.4 Å². The van der Waals surface area contributed by atoms with E-state index in [4.69, 9.17) is 24.9 Å². The van der Waals surface area contributed by atoms with Gasteiger partial charge in [0.15, 0.2) is 0 Å². The first kappa shape index (κ1) is 20.2. The van der Waals surface area contributed by atoms with Crippen LogP contribution in [0.15, 0.2) is 54.6 Å². The second-order valence-corrected chi connectivity index (χ2v) is 7.24. The topological polar surface area (TPSA) is 90.2 Å². The van der Waals surface area contributed by atoms with Gasteiger partial charge in [-0.25, -0.2) is 0 Å². The van der Waals surface area contributed by atoms with E-state index in [1.54, 1.807) is 33.8 Å². The van der Waals surface area contributed by atoms with E-state index < -0.39 is 18.5 Å². The largest absolute Gasteiger partial charge is 0.707 e. The first-order valence-corrected chi connectivity index (χ1v) is 8.38. The highest BCUT2D eigenvalue weighted by atomic mass is 16.6. The predicted octanol–water partition coefficient (Wildman–Crippen LogP) is 2.87. The number of benzene rings is 3. The molecule has 3 rings (SSSR count). The van der Waals surface area contributed by atoms with Crippen molar-refractivity contribution in [2.45, 2.75) is 38.9 Å². The molecule has 0 bridgehead atoms. The van der Waals surface area contributed by atoms with Crippen molar-refractivity contribution in [3.63, 3.8) is 0 Å². The number of rotatable bonds is 3. The maximum atomic E-state index is 9.10. The lowest BCUT2D eigenvalue weighted by Crippen LogP contribution is -2.44. The number of fused-ring (bicyclic) bond motifs is 2. The molecular formula is C20H25BO5.